The standard InChI is InChI=1S/C53H66N8O13/c1-6-7-9-16-35-17-12-13-18-36(35)21-24-45(66)55-42-30-74-53(73)41(29-62)59-48(68)40(28-44(54)65)58-51(71)46(32(4)63)60-49(69)39(26-33-14-10-8-11-15-33)56-47(67)38(25-31(2)3)57-50(70)43(61(5)52(42)72)27-34-19-22-37(64)23-20-34/h8-24,27,31-32,38-42,46,62-64H,6-7,25-26,28-30H2,1-5H3,(H2,54,65)(H,55,66)(H,56,67)(H,57,70)(H,58,71)(H,59,68)(H,60,69). The molecule has 1 aliphatic rings. The molecule has 7 atom stereocenters. The van der Waals surface area contributed by atoms with E-state index < -0.39 is 121 Å². The van der Waals surface area contributed by atoms with Crippen LogP contribution in [0.5, 0.6) is 5.75 Å². The zero-order valence-electron chi connectivity index (χ0n) is 41.9. The number of aliphatic hydroxyl groups excluding tert-OH is 2. The summed E-state index contributed by atoms with van der Waals surface area (Å²) in [6.45, 7) is 4.62. The highest BCUT2D eigenvalue weighted by Gasteiger charge is 2.37. The topological polar surface area (TPSA) is 325 Å². The fourth-order valence-corrected chi connectivity index (χ4v) is 7.46. The Bertz CT molecular complexity index is 2560. The molecule has 7 unspecified atom stereocenters. The van der Waals surface area contributed by atoms with E-state index in [9.17, 15) is 58.5 Å². The first kappa shape index (κ1) is 58.4. The number of aromatic hydroxyl groups is 1. The van der Waals surface area contributed by atoms with Crippen LogP contribution >= 0.6 is 0 Å². The molecular formula is C53H66N8O13. The number of rotatable bonds is 15. The van der Waals surface area contributed by atoms with Crippen LogP contribution in [0.1, 0.15) is 75.6 Å². The minimum Gasteiger partial charge on any atom is -0.508 e. The van der Waals surface area contributed by atoms with Gasteiger partial charge in [-0.1, -0.05) is 106 Å². The maximum atomic E-state index is 14.7. The highest BCUT2D eigenvalue weighted by molar-refractivity contribution is 6.05. The van der Waals surface area contributed by atoms with Crippen molar-refractivity contribution in [3.8, 4) is 5.75 Å². The molecule has 3 aromatic rings. The number of nitrogens with one attached hydrogen (secondary N) is 6. The van der Waals surface area contributed by atoms with Crippen LogP contribution in [0.4, 0.5) is 0 Å². The molecule has 0 aliphatic carbocycles. The van der Waals surface area contributed by atoms with Gasteiger partial charge in [-0.2, -0.15) is 0 Å². The molecule has 0 radical (unpaired) electrons. The fraction of sp³-hybridized carbons (Fsp3) is 0.377. The van der Waals surface area contributed by atoms with Crippen molar-refractivity contribution in [1.29, 1.82) is 0 Å². The van der Waals surface area contributed by atoms with Gasteiger partial charge in [0.25, 0.3) is 11.8 Å². The molecule has 396 valence electrons. The van der Waals surface area contributed by atoms with E-state index in [2.05, 4.69) is 31.9 Å². The number of cyclic esters (lactones) is 1. The SMILES string of the molecule is CCCC=Cc1ccccc1C=CC(=O)NC1COC(=O)C(CO)NC(=O)C(CC(N)=O)NC(=O)C(C(C)O)NC(=O)C(Cc2ccccc2)NC(=O)C(CC(C)C)NC(=O)C(=Cc2ccc(O)cc2)N(C)C1=O. The summed E-state index contributed by atoms with van der Waals surface area (Å²) in [4.78, 5) is 126. The lowest BCUT2D eigenvalue weighted by molar-refractivity contribution is -0.152. The van der Waals surface area contributed by atoms with Crippen molar-refractivity contribution in [3.63, 3.8) is 0 Å². The molecule has 3 aromatic carbocycles. The number of esters is 1. The summed E-state index contributed by atoms with van der Waals surface area (Å²) in [6, 6.07) is 10.8. The Morgan fingerprint density at radius 2 is 1.38 bits per heavy atom. The van der Waals surface area contributed by atoms with E-state index in [1.807, 2.05) is 31.2 Å². The van der Waals surface area contributed by atoms with Crippen molar-refractivity contribution in [2.75, 3.05) is 20.3 Å². The average Bonchev–Trinajstić information content (AvgIpc) is 3.36. The van der Waals surface area contributed by atoms with Gasteiger partial charge >= 0.3 is 5.97 Å². The molecule has 21 heteroatoms. The Morgan fingerprint density at radius 1 is 0.784 bits per heavy atom. The Morgan fingerprint density at radius 3 is 1.99 bits per heavy atom. The number of ether oxygens (including phenoxy) is 1. The number of aliphatic hydroxyl groups is 2. The number of amides is 8. The van der Waals surface area contributed by atoms with E-state index in [1.54, 1.807) is 56.3 Å². The van der Waals surface area contributed by atoms with Crippen molar-refractivity contribution in [2.24, 2.45) is 11.7 Å². The molecule has 0 aromatic heterocycles. The molecular weight excluding hydrogens is 957 g/mol. The van der Waals surface area contributed by atoms with E-state index >= 15 is 0 Å². The van der Waals surface area contributed by atoms with E-state index in [-0.39, 0.29) is 30.1 Å². The number of nitrogens with two attached hydrogens (primary N) is 1. The monoisotopic (exact) mass is 1020 g/mol. The summed E-state index contributed by atoms with van der Waals surface area (Å²) in [7, 11) is 1.18. The van der Waals surface area contributed by atoms with Crippen LogP contribution in [-0.4, -0.2) is 136 Å². The summed E-state index contributed by atoms with van der Waals surface area (Å²) in [5, 5.41) is 45.8. The number of benzene rings is 3. The van der Waals surface area contributed by atoms with Gasteiger partial charge in [-0.25, -0.2) is 4.79 Å². The molecule has 0 saturated carbocycles. The summed E-state index contributed by atoms with van der Waals surface area (Å²) in [6.07, 6.45) is 6.76. The molecule has 0 spiro atoms. The van der Waals surface area contributed by atoms with Gasteiger partial charge < -0.3 is 62.6 Å². The second-order valence-corrected chi connectivity index (χ2v) is 18.0. The van der Waals surface area contributed by atoms with E-state index in [1.165, 1.54) is 43.5 Å². The summed E-state index contributed by atoms with van der Waals surface area (Å²) < 4.78 is 5.42. The van der Waals surface area contributed by atoms with Gasteiger partial charge in [0.05, 0.1) is 19.1 Å². The van der Waals surface area contributed by atoms with Crippen LogP contribution in [0.15, 0.2) is 96.7 Å². The molecule has 74 heavy (non-hydrogen) atoms. The maximum Gasteiger partial charge on any atom is 0.331 e. The van der Waals surface area contributed by atoms with Crippen molar-refractivity contribution >= 4 is 71.5 Å². The van der Waals surface area contributed by atoms with E-state index in [4.69, 9.17) is 10.5 Å². The Kier molecular flexibility index (Phi) is 22.7. The first-order chi connectivity index (χ1) is 35.2. The molecule has 1 aliphatic heterocycles. The third-order valence-electron chi connectivity index (χ3n) is 11.4. The number of likely N-dealkylation sites (N-methyl/N-ethyl adjacent to an activating group) is 1. The molecule has 1 fully saturated rings. The lowest BCUT2D eigenvalue weighted by atomic mass is 10.00. The van der Waals surface area contributed by atoms with Crippen LogP contribution in [0, 0.1) is 5.92 Å². The quantitative estimate of drug-likeness (QED) is 0.0743. The minimum atomic E-state index is -1.92. The van der Waals surface area contributed by atoms with Gasteiger partial charge in [0.1, 0.15) is 48.3 Å². The van der Waals surface area contributed by atoms with Gasteiger partial charge in [-0.3, -0.25) is 38.4 Å². The molecule has 0 bridgehead atoms. The first-order valence-electron chi connectivity index (χ1n) is 24.0. The predicted molar refractivity (Wildman–Crippen MR) is 273 cm³/mol. The lowest BCUT2D eigenvalue weighted by Crippen LogP contribution is -2.62. The number of allylic oxidation sites excluding steroid dienone is 1. The number of hydrogen-bond donors (Lipinski definition) is 10. The van der Waals surface area contributed by atoms with Gasteiger partial charge in [0.2, 0.25) is 35.4 Å². The normalized spacial score (nSPS) is 22.2. The van der Waals surface area contributed by atoms with Crippen LogP contribution in [0.25, 0.3) is 18.2 Å². The number of primary amides is 1. The largest absolute Gasteiger partial charge is 0.508 e. The number of phenolic OH excluding ortho intramolecular Hbond substituents is 1. The van der Waals surface area contributed by atoms with Gasteiger partial charge in [-0.15, -0.1) is 0 Å². The summed E-state index contributed by atoms with van der Waals surface area (Å²) in [5.74, 6) is -10.1. The van der Waals surface area contributed by atoms with E-state index in [0.29, 0.717) is 11.1 Å². The number of hydrogen-bond acceptors (Lipinski definition) is 13. The lowest BCUT2D eigenvalue weighted by Gasteiger charge is -2.29. The molecule has 21 nitrogen and oxygen atoms in total. The Labute approximate surface area is 429 Å². The maximum absolute atomic E-state index is 14.7. The number of carbonyl (C=O) groups is 9. The molecule has 8 amide bonds. The zero-order valence-corrected chi connectivity index (χ0v) is 41.9. The third kappa shape index (κ3) is 18.1. The van der Waals surface area contributed by atoms with E-state index in [0.717, 1.165) is 36.3 Å². The Hall–Kier alpha value is -8.17. The van der Waals surface area contributed by atoms with Gasteiger partial charge in [0.15, 0.2) is 6.04 Å². The molecule has 1 heterocycles. The smallest absolute Gasteiger partial charge is 0.331 e. The summed E-state index contributed by atoms with van der Waals surface area (Å²) in [5.41, 5.74) is 7.27. The Balaban J connectivity index is 1.88. The van der Waals surface area contributed by atoms with Crippen LogP contribution in [-0.2, 0) is 54.3 Å². The summed E-state index contributed by atoms with van der Waals surface area (Å²) >= 11 is 0. The third-order valence-corrected chi connectivity index (χ3v) is 11.4. The first-order valence-corrected chi connectivity index (χ1v) is 24.0. The molecule has 1 saturated heterocycles. The molecule has 11 N–H and O–H groups in total. The number of carbonyl (C=O) groups excluding carboxylic acids is 9. The number of nitrogens with zero attached hydrogens (tertiary/aromatic N) is 1. The van der Waals surface area contributed by atoms with Gasteiger partial charge in [-0.05, 0) is 72.2 Å². The highest BCUT2D eigenvalue weighted by Crippen LogP contribution is 2.18. The van der Waals surface area contributed by atoms with Crippen molar-refractivity contribution < 1.29 is 63.2 Å². The van der Waals surface area contributed by atoms with Crippen molar-refractivity contribution in [2.45, 2.75) is 102 Å². The predicted octanol–water partition coefficient (Wildman–Crippen LogP) is 0.721. The average molecular weight is 1020 g/mol. The van der Waals surface area contributed by atoms with Gasteiger partial charge in [0, 0.05) is 19.5 Å². The fourth-order valence-electron chi connectivity index (χ4n) is 7.46. The van der Waals surface area contributed by atoms with Crippen LogP contribution in [0.3, 0.4) is 0 Å². The van der Waals surface area contributed by atoms with Crippen LogP contribution in [0.2, 0.25) is 0 Å². The molecule has 4 rings (SSSR count). The second-order valence-electron chi connectivity index (χ2n) is 18.0. The number of phenols is 1. The highest BCUT2D eigenvalue weighted by atomic mass is 16.5. The minimum absolute atomic E-state index is 0.0199. The van der Waals surface area contributed by atoms with Crippen molar-refractivity contribution in [1.82, 2.24) is 36.8 Å². The second kappa shape index (κ2) is 28.8. The van der Waals surface area contributed by atoms with Crippen LogP contribution < -0.4 is 37.6 Å². The zero-order chi connectivity index (χ0) is 54.5. The van der Waals surface area contributed by atoms with Crippen molar-refractivity contribution in [3.05, 3.63) is 119 Å². The number of unbranched alkanes of at least 4 members (excludes halogenated alkanes) is 1.